The Morgan fingerprint density at radius 3 is 3.16 bits per heavy atom. The van der Waals surface area contributed by atoms with E-state index in [4.69, 9.17) is 9.29 Å². The second kappa shape index (κ2) is 7.52. The summed E-state index contributed by atoms with van der Waals surface area (Å²) in [6.07, 6.45) is 7.85. The van der Waals surface area contributed by atoms with E-state index in [1.165, 1.54) is 0 Å². The average Bonchev–Trinajstić information content (AvgIpc) is 2.96. The van der Waals surface area contributed by atoms with E-state index < -0.39 is 0 Å². The van der Waals surface area contributed by atoms with Crippen LogP contribution in [0.5, 0.6) is 0 Å². The number of aryl methyl sites for hydroxylation is 1. The monoisotopic (exact) mass is 285 g/mol. The molecule has 0 bridgehead atoms. The Balaban J connectivity index is 1.63. The fourth-order valence-corrected chi connectivity index (χ4v) is 2.46. The van der Waals surface area contributed by atoms with E-state index in [2.05, 4.69) is 4.98 Å². The number of nitrogens with zero attached hydrogens (tertiary/aromatic N) is 3. The Labute approximate surface area is 117 Å². The number of carbonyl (C=O) groups excluding carboxylic acids is 1. The van der Waals surface area contributed by atoms with Gasteiger partial charge in [-0.3, -0.25) is 4.79 Å². The van der Waals surface area contributed by atoms with Gasteiger partial charge in [0.15, 0.2) is 0 Å². The third-order valence-corrected chi connectivity index (χ3v) is 3.64. The van der Waals surface area contributed by atoms with Gasteiger partial charge < -0.3 is 18.8 Å². The van der Waals surface area contributed by atoms with Gasteiger partial charge in [0.05, 0.1) is 19.5 Å². The molecule has 0 spiro atoms. The standard InChI is InChI=1S/C12H19N3O3S/c16-11(15-7-8-18-12(9-15)19-17)3-1-2-5-14-6-4-13-10-14/h4,6,10,12,17H,1-3,5,7-9H2. The maximum absolute atomic E-state index is 12.0. The second-order valence-electron chi connectivity index (χ2n) is 4.50. The number of imidazole rings is 1. The topological polar surface area (TPSA) is 67.6 Å². The largest absolute Gasteiger partial charge is 0.362 e. The summed E-state index contributed by atoms with van der Waals surface area (Å²) in [6, 6.07) is 0. The zero-order chi connectivity index (χ0) is 13.5. The maximum atomic E-state index is 12.0. The highest BCUT2D eigenvalue weighted by Gasteiger charge is 2.23. The van der Waals surface area contributed by atoms with Gasteiger partial charge in [-0.2, -0.15) is 0 Å². The number of rotatable bonds is 6. The molecule has 0 aromatic carbocycles. The molecule has 1 aromatic heterocycles. The molecule has 0 aliphatic carbocycles. The van der Waals surface area contributed by atoms with Crippen molar-refractivity contribution in [2.45, 2.75) is 31.2 Å². The molecule has 1 aliphatic heterocycles. The lowest BCUT2D eigenvalue weighted by atomic mass is 10.2. The van der Waals surface area contributed by atoms with Gasteiger partial charge in [0.1, 0.15) is 5.44 Å². The normalized spacial score (nSPS) is 19.6. The highest BCUT2D eigenvalue weighted by molar-refractivity contribution is 7.94. The summed E-state index contributed by atoms with van der Waals surface area (Å²) >= 11 is 0.667. The quantitative estimate of drug-likeness (QED) is 0.633. The van der Waals surface area contributed by atoms with Crippen molar-refractivity contribution in [2.24, 2.45) is 0 Å². The van der Waals surface area contributed by atoms with Crippen LogP contribution in [0.15, 0.2) is 18.7 Å². The van der Waals surface area contributed by atoms with E-state index in [0.29, 0.717) is 38.2 Å². The van der Waals surface area contributed by atoms with Crippen molar-refractivity contribution >= 4 is 17.9 Å². The van der Waals surface area contributed by atoms with Crippen LogP contribution in [0.3, 0.4) is 0 Å². The van der Waals surface area contributed by atoms with Gasteiger partial charge in [0, 0.05) is 43.9 Å². The molecule has 19 heavy (non-hydrogen) atoms. The van der Waals surface area contributed by atoms with Crippen LogP contribution in [-0.4, -0.2) is 50.0 Å². The molecular formula is C12H19N3O3S. The van der Waals surface area contributed by atoms with E-state index in [-0.39, 0.29) is 11.3 Å². The summed E-state index contributed by atoms with van der Waals surface area (Å²) < 4.78 is 16.3. The number of unbranched alkanes of at least 4 members (excludes halogenated alkanes) is 1. The Morgan fingerprint density at radius 1 is 1.53 bits per heavy atom. The van der Waals surface area contributed by atoms with E-state index in [9.17, 15) is 4.79 Å². The van der Waals surface area contributed by atoms with Crippen LogP contribution in [0.4, 0.5) is 0 Å². The average molecular weight is 285 g/mol. The molecule has 2 heterocycles. The lowest BCUT2D eigenvalue weighted by Crippen LogP contribution is -2.44. The molecule has 1 N–H and O–H groups in total. The summed E-state index contributed by atoms with van der Waals surface area (Å²) in [4.78, 5) is 17.7. The van der Waals surface area contributed by atoms with Crippen LogP contribution in [0.25, 0.3) is 0 Å². The summed E-state index contributed by atoms with van der Waals surface area (Å²) in [5.41, 5.74) is -0.302. The van der Waals surface area contributed by atoms with Crippen molar-refractivity contribution in [3.8, 4) is 0 Å². The smallest absolute Gasteiger partial charge is 0.222 e. The highest BCUT2D eigenvalue weighted by Crippen LogP contribution is 2.15. The van der Waals surface area contributed by atoms with Crippen LogP contribution in [0.2, 0.25) is 0 Å². The molecule has 1 fully saturated rings. The van der Waals surface area contributed by atoms with Crippen LogP contribution in [0.1, 0.15) is 19.3 Å². The second-order valence-corrected chi connectivity index (χ2v) is 5.24. The number of ether oxygens (including phenoxy) is 1. The Kier molecular flexibility index (Phi) is 5.68. The maximum Gasteiger partial charge on any atom is 0.222 e. The predicted molar refractivity (Wildman–Crippen MR) is 72.6 cm³/mol. The number of carbonyl (C=O) groups is 1. The van der Waals surface area contributed by atoms with E-state index in [0.717, 1.165) is 19.4 Å². The zero-order valence-electron chi connectivity index (χ0n) is 10.8. The Bertz CT molecular complexity index is 386. The summed E-state index contributed by atoms with van der Waals surface area (Å²) in [6.45, 7) is 2.49. The summed E-state index contributed by atoms with van der Waals surface area (Å²) in [5.74, 6) is 0.146. The third kappa shape index (κ3) is 4.52. The zero-order valence-corrected chi connectivity index (χ0v) is 11.6. The first-order chi connectivity index (χ1) is 9.29. The minimum atomic E-state index is -0.302. The van der Waals surface area contributed by atoms with Gasteiger partial charge >= 0.3 is 0 Å². The minimum Gasteiger partial charge on any atom is -0.362 e. The first-order valence-corrected chi connectivity index (χ1v) is 7.28. The molecule has 1 atom stereocenters. The molecule has 0 radical (unpaired) electrons. The molecule has 0 saturated carbocycles. The fourth-order valence-electron chi connectivity index (χ4n) is 2.06. The molecule has 1 aromatic rings. The molecule has 1 aliphatic rings. The fraction of sp³-hybridized carbons (Fsp3) is 0.667. The van der Waals surface area contributed by atoms with E-state index in [1.807, 2.05) is 10.8 Å². The number of hydrogen-bond acceptors (Lipinski definition) is 5. The molecule has 1 amide bonds. The van der Waals surface area contributed by atoms with E-state index >= 15 is 0 Å². The van der Waals surface area contributed by atoms with Gasteiger partial charge in [0.2, 0.25) is 5.91 Å². The van der Waals surface area contributed by atoms with Gasteiger partial charge in [-0.15, -0.1) is 0 Å². The molecule has 2 rings (SSSR count). The molecule has 6 nitrogen and oxygen atoms in total. The summed E-state index contributed by atoms with van der Waals surface area (Å²) in [7, 11) is 0. The van der Waals surface area contributed by atoms with Crippen molar-refractivity contribution in [1.29, 1.82) is 0 Å². The van der Waals surface area contributed by atoms with Gasteiger partial charge in [-0.1, -0.05) is 0 Å². The van der Waals surface area contributed by atoms with Gasteiger partial charge in [0.25, 0.3) is 0 Å². The first kappa shape index (κ1) is 14.4. The lowest BCUT2D eigenvalue weighted by molar-refractivity contribution is -0.136. The van der Waals surface area contributed by atoms with Crippen LogP contribution in [-0.2, 0) is 16.1 Å². The number of morpholine rings is 1. The molecule has 1 unspecified atom stereocenters. The van der Waals surface area contributed by atoms with Crippen molar-refractivity contribution in [3.63, 3.8) is 0 Å². The van der Waals surface area contributed by atoms with E-state index in [1.54, 1.807) is 17.4 Å². The Hall–Kier alpha value is -1.05. The van der Waals surface area contributed by atoms with Crippen LogP contribution < -0.4 is 0 Å². The SMILES string of the molecule is O=C(CCCCn1ccnc1)N1CCOC(SO)C1. The number of amides is 1. The van der Waals surface area contributed by atoms with Gasteiger partial charge in [-0.25, -0.2) is 4.98 Å². The van der Waals surface area contributed by atoms with Crippen molar-refractivity contribution in [3.05, 3.63) is 18.7 Å². The first-order valence-electron chi connectivity index (χ1n) is 6.45. The van der Waals surface area contributed by atoms with Gasteiger partial charge in [-0.05, 0) is 12.8 Å². The van der Waals surface area contributed by atoms with Crippen molar-refractivity contribution in [1.82, 2.24) is 14.5 Å². The predicted octanol–water partition coefficient (Wildman–Crippen LogP) is 1.44. The molecule has 1 saturated heterocycles. The molecule has 7 heteroatoms. The lowest BCUT2D eigenvalue weighted by Gasteiger charge is -2.31. The Morgan fingerprint density at radius 2 is 2.42 bits per heavy atom. The van der Waals surface area contributed by atoms with Crippen molar-refractivity contribution in [2.75, 3.05) is 19.7 Å². The minimum absolute atomic E-state index is 0.146. The highest BCUT2D eigenvalue weighted by atomic mass is 32.2. The van der Waals surface area contributed by atoms with Crippen LogP contribution in [0, 0.1) is 0 Å². The molecular weight excluding hydrogens is 266 g/mol. The van der Waals surface area contributed by atoms with Crippen LogP contribution >= 0.6 is 12.0 Å². The number of hydrogen-bond donors (Lipinski definition) is 1. The third-order valence-electron chi connectivity index (χ3n) is 3.12. The molecule has 106 valence electrons. The van der Waals surface area contributed by atoms with Crippen molar-refractivity contribution < 1.29 is 14.1 Å². The summed E-state index contributed by atoms with van der Waals surface area (Å²) in [5, 5.41) is 0. The number of aromatic nitrogens is 2.